The van der Waals surface area contributed by atoms with Crippen molar-refractivity contribution in [2.24, 2.45) is 28.6 Å². The third kappa shape index (κ3) is 5.90. The second kappa shape index (κ2) is 12.4. The molecule has 0 saturated heterocycles. The summed E-state index contributed by atoms with van der Waals surface area (Å²) in [6, 6.07) is 0. The maximum Gasteiger partial charge on any atom is 0.331 e. The van der Waals surface area contributed by atoms with Crippen LogP contribution in [-0.2, 0) is 38.1 Å². The lowest BCUT2D eigenvalue weighted by atomic mass is 9.41. The highest BCUT2D eigenvalue weighted by atomic mass is 35.5. The van der Waals surface area contributed by atoms with Gasteiger partial charge < -0.3 is 29.2 Å². The summed E-state index contributed by atoms with van der Waals surface area (Å²) in [5.41, 5.74) is -3.60. The summed E-state index contributed by atoms with van der Waals surface area (Å²) in [5, 5.41) is 23.6. The molecule has 0 unspecified atom stereocenters. The first-order chi connectivity index (χ1) is 18.6. The summed E-state index contributed by atoms with van der Waals surface area (Å²) in [5.74, 6) is -3.76. The highest BCUT2D eigenvalue weighted by molar-refractivity contribution is 6.18. The Bertz CT molecular complexity index is 1030. The van der Waals surface area contributed by atoms with E-state index in [1.165, 1.54) is 19.9 Å². The standard InChI is InChI=1S/C29H43ClO10/c1-7-16(2)26(35)40-22-8-9-28(36,14-30)29(15-38-18(4)31)23(39-19(5)32)10-17(3)27(6,25(22)29)12-21(33)20-11-24(34)37-13-20/h11,16-17,21-23,25,33,36H,7-10,12-15H2,1-6H3/t16-,17+,21-,22+,23-,25+,27-,28-,29+/m0/s1. The third-order valence-electron chi connectivity index (χ3n) is 9.69. The zero-order valence-electron chi connectivity index (χ0n) is 24.2. The molecular weight excluding hydrogens is 544 g/mol. The van der Waals surface area contributed by atoms with E-state index in [-0.39, 0.29) is 56.6 Å². The van der Waals surface area contributed by atoms with Crippen LogP contribution in [0.15, 0.2) is 11.6 Å². The van der Waals surface area contributed by atoms with Gasteiger partial charge in [0.05, 0.1) is 28.9 Å². The van der Waals surface area contributed by atoms with Crippen molar-refractivity contribution in [3.63, 3.8) is 0 Å². The molecule has 9 atom stereocenters. The maximum atomic E-state index is 13.1. The number of aliphatic hydroxyl groups is 2. The first-order valence-electron chi connectivity index (χ1n) is 14.0. The van der Waals surface area contributed by atoms with Crippen molar-refractivity contribution < 1.29 is 48.3 Å². The lowest BCUT2D eigenvalue weighted by Gasteiger charge is -2.67. The molecule has 226 valence electrons. The van der Waals surface area contributed by atoms with Crippen LogP contribution < -0.4 is 0 Å². The fourth-order valence-electron chi connectivity index (χ4n) is 7.12. The number of ether oxygens (including phenoxy) is 4. The Kier molecular flexibility index (Phi) is 10.0. The number of carbonyl (C=O) groups is 4. The molecule has 10 nitrogen and oxygen atoms in total. The Morgan fingerprint density at radius 3 is 2.42 bits per heavy atom. The van der Waals surface area contributed by atoms with E-state index < -0.39 is 64.5 Å². The second-order valence-electron chi connectivity index (χ2n) is 12.1. The number of fused-ring (bicyclic) bond motifs is 1. The van der Waals surface area contributed by atoms with Gasteiger partial charge in [0.2, 0.25) is 0 Å². The highest BCUT2D eigenvalue weighted by Crippen LogP contribution is 2.66. The van der Waals surface area contributed by atoms with Crippen LogP contribution in [0.5, 0.6) is 0 Å². The molecule has 11 heteroatoms. The minimum atomic E-state index is -1.67. The van der Waals surface area contributed by atoms with E-state index in [2.05, 4.69) is 0 Å². The first-order valence-corrected chi connectivity index (χ1v) is 14.5. The fraction of sp³-hybridized carbons (Fsp3) is 0.793. The van der Waals surface area contributed by atoms with Gasteiger partial charge in [-0.15, -0.1) is 11.6 Å². The van der Waals surface area contributed by atoms with Crippen LogP contribution in [0.3, 0.4) is 0 Å². The number of halogens is 1. The summed E-state index contributed by atoms with van der Waals surface area (Å²) >= 11 is 6.48. The molecule has 3 aliphatic rings. The van der Waals surface area contributed by atoms with Gasteiger partial charge in [0.25, 0.3) is 0 Å². The number of hydrogen-bond acceptors (Lipinski definition) is 10. The molecule has 0 aromatic heterocycles. The van der Waals surface area contributed by atoms with E-state index in [1.807, 2.05) is 20.8 Å². The van der Waals surface area contributed by atoms with E-state index >= 15 is 0 Å². The van der Waals surface area contributed by atoms with Crippen LogP contribution in [-0.4, -0.2) is 77.1 Å². The monoisotopic (exact) mass is 586 g/mol. The molecule has 0 bridgehead atoms. The third-order valence-corrected chi connectivity index (χ3v) is 10.1. The molecule has 1 heterocycles. The number of alkyl halides is 1. The van der Waals surface area contributed by atoms with Crippen molar-refractivity contribution in [2.75, 3.05) is 19.1 Å². The first kappa shape index (κ1) is 32.3. The molecular formula is C29H43ClO10. The lowest BCUT2D eigenvalue weighted by molar-refractivity contribution is -0.294. The summed E-state index contributed by atoms with van der Waals surface area (Å²) in [6.07, 6.45) is -0.207. The molecule has 0 aromatic carbocycles. The summed E-state index contributed by atoms with van der Waals surface area (Å²) in [4.78, 5) is 49.4. The molecule has 1 aliphatic heterocycles. The number of aliphatic hydroxyl groups excluding tert-OH is 1. The van der Waals surface area contributed by atoms with Crippen LogP contribution in [0.4, 0.5) is 0 Å². The largest absolute Gasteiger partial charge is 0.465 e. The highest BCUT2D eigenvalue weighted by Gasteiger charge is 2.73. The SMILES string of the molecule is CC[C@H](C)C(=O)O[C@@H]1CC[C@](O)(CCl)[C@]2(COC(C)=O)[C@@H](OC(C)=O)C[C@@H](C)[C@](C)(C[C@H](O)C3=CC(=O)OC3)[C@@H]12. The van der Waals surface area contributed by atoms with Crippen molar-refractivity contribution in [1.29, 1.82) is 0 Å². The van der Waals surface area contributed by atoms with Gasteiger partial charge in [-0.2, -0.15) is 0 Å². The summed E-state index contributed by atoms with van der Waals surface area (Å²) in [7, 11) is 0. The van der Waals surface area contributed by atoms with Gasteiger partial charge in [0, 0.05) is 31.4 Å². The predicted molar refractivity (Wildman–Crippen MR) is 144 cm³/mol. The zero-order chi connectivity index (χ0) is 30.0. The van der Waals surface area contributed by atoms with E-state index in [1.54, 1.807) is 6.92 Å². The molecule has 2 N–H and O–H groups in total. The van der Waals surface area contributed by atoms with Crippen molar-refractivity contribution in [3.05, 3.63) is 11.6 Å². The molecule has 0 radical (unpaired) electrons. The maximum absolute atomic E-state index is 13.1. The Labute approximate surface area is 240 Å². The Hall–Kier alpha value is -2.17. The van der Waals surface area contributed by atoms with Crippen molar-refractivity contribution in [3.8, 4) is 0 Å². The van der Waals surface area contributed by atoms with Crippen LogP contribution in [0.1, 0.15) is 73.6 Å². The van der Waals surface area contributed by atoms with E-state index in [4.69, 9.17) is 30.5 Å². The smallest absolute Gasteiger partial charge is 0.331 e. The summed E-state index contributed by atoms with van der Waals surface area (Å²) < 4.78 is 22.6. The van der Waals surface area contributed by atoms with Crippen LogP contribution in [0, 0.1) is 28.6 Å². The van der Waals surface area contributed by atoms with Gasteiger partial charge in [-0.3, -0.25) is 14.4 Å². The second-order valence-corrected chi connectivity index (χ2v) is 12.3. The number of hydrogen-bond donors (Lipinski definition) is 2. The number of esters is 4. The van der Waals surface area contributed by atoms with E-state index in [9.17, 15) is 29.4 Å². The molecule has 40 heavy (non-hydrogen) atoms. The fourth-order valence-corrected chi connectivity index (χ4v) is 7.50. The molecule has 0 spiro atoms. The van der Waals surface area contributed by atoms with Crippen molar-refractivity contribution in [1.82, 2.24) is 0 Å². The summed E-state index contributed by atoms with van der Waals surface area (Å²) in [6.45, 7) is 9.66. The van der Waals surface area contributed by atoms with Crippen molar-refractivity contribution in [2.45, 2.75) is 97.6 Å². The van der Waals surface area contributed by atoms with Gasteiger partial charge in [-0.25, -0.2) is 4.79 Å². The Balaban J connectivity index is 2.25. The zero-order valence-corrected chi connectivity index (χ0v) is 25.0. The van der Waals surface area contributed by atoms with Gasteiger partial charge in [0.15, 0.2) is 0 Å². The van der Waals surface area contributed by atoms with E-state index in [0.29, 0.717) is 12.0 Å². The van der Waals surface area contributed by atoms with Gasteiger partial charge >= 0.3 is 23.9 Å². The molecule has 0 aromatic rings. The van der Waals surface area contributed by atoms with E-state index in [0.717, 1.165) is 0 Å². The van der Waals surface area contributed by atoms with Crippen molar-refractivity contribution >= 4 is 35.5 Å². The van der Waals surface area contributed by atoms with Gasteiger partial charge in [0.1, 0.15) is 25.4 Å². The normalized spacial score (nSPS) is 36.9. The predicted octanol–water partition coefficient (Wildman–Crippen LogP) is 3.09. The molecule has 2 saturated carbocycles. The molecule has 2 aliphatic carbocycles. The van der Waals surface area contributed by atoms with Gasteiger partial charge in [-0.1, -0.05) is 27.7 Å². The topological polar surface area (TPSA) is 146 Å². The minimum Gasteiger partial charge on any atom is -0.465 e. The Morgan fingerprint density at radius 1 is 1.23 bits per heavy atom. The lowest BCUT2D eigenvalue weighted by Crippen LogP contribution is -2.74. The van der Waals surface area contributed by atoms with Crippen LogP contribution in [0.2, 0.25) is 0 Å². The number of cyclic esters (lactones) is 1. The quantitative estimate of drug-likeness (QED) is 0.222. The minimum absolute atomic E-state index is 0.0398. The molecule has 2 fully saturated rings. The average Bonchev–Trinajstić information content (AvgIpc) is 3.33. The molecule has 0 amide bonds. The average molecular weight is 587 g/mol. The van der Waals surface area contributed by atoms with Crippen LogP contribution in [0.25, 0.3) is 0 Å². The number of carbonyl (C=O) groups excluding carboxylic acids is 4. The van der Waals surface area contributed by atoms with Gasteiger partial charge in [-0.05, 0) is 43.4 Å². The Morgan fingerprint density at radius 2 is 1.90 bits per heavy atom. The van der Waals surface area contributed by atoms with Crippen LogP contribution >= 0.6 is 11.6 Å². The molecule has 3 rings (SSSR count). The number of rotatable bonds is 10.